The first kappa shape index (κ1) is 16.2. The van der Waals surface area contributed by atoms with Crippen molar-refractivity contribution < 1.29 is 9.47 Å². The molecule has 0 aliphatic heterocycles. The van der Waals surface area contributed by atoms with E-state index in [0.29, 0.717) is 38.6 Å². The van der Waals surface area contributed by atoms with E-state index in [4.69, 9.17) is 32.7 Å². The van der Waals surface area contributed by atoms with Crippen molar-refractivity contribution in [1.29, 1.82) is 5.26 Å². The maximum Gasteiger partial charge on any atom is 0.148 e. The Kier molecular flexibility index (Phi) is 4.90. The molecule has 0 radical (unpaired) electrons. The Morgan fingerprint density at radius 1 is 0.667 bits per heavy atom. The minimum atomic E-state index is 0.409. The molecule has 0 unspecified atom stereocenters. The van der Waals surface area contributed by atoms with E-state index in [0.717, 1.165) is 0 Å². The predicted molar refractivity (Wildman–Crippen MR) is 94.2 cm³/mol. The number of hydrogen-bond acceptors (Lipinski definition) is 3. The molecular weight excluding hydrogens is 345 g/mol. The molecule has 0 aromatic heterocycles. The molecule has 0 saturated carbocycles. The lowest BCUT2D eigenvalue weighted by Crippen LogP contribution is -1.90. The van der Waals surface area contributed by atoms with E-state index in [2.05, 4.69) is 6.07 Å². The Labute approximate surface area is 149 Å². The van der Waals surface area contributed by atoms with Gasteiger partial charge >= 0.3 is 0 Å². The summed E-state index contributed by atoms with van der Waals surface area (Å²) in [5.74, 6) is 2.19. The number of rotatable bonds is 4. The maximum atomic E-state index is 9.25. The molecule has 0 bridgehead atoms. The molecule has 0 amide bonds. The molecule has 3 nitrogen and oxygen atoms in total. The summed E-state index contributed by atoms with van der Waals surface area (Å²) in [7, 11) is 0. The Bertz CT molecular complexity index is 885. The van der Waals surface area contributed by atoms with Gasteiger partial charge in [0.05, 0.1) is 5.56 Å². The second-order valence-electron chi connectivity index (χ2n) is 4.88. The van der Waals surface area contributed by atoms with Gasteiger partial charge in [-0.3, -0.25) is 0 Å². The fraction of sp³-hybridized carbons (Fsp3) is 0. The second kappa shape index (κ2) is 7.27. The van der Waals surface area contributed by atoms with Crippen LogP contribution in [0.4, 0.5) is 0 Å². The highest BCUT2D eigenvalue weighted by Gasteiger charge is 2.08. The summed E-state index contributed by atoms with van der Waals surface area (Å²) in [4.78, 5) is 0. The Morgan fingerprint density at radius 3 is 1.71 bits per heavy atom. The lowest BCUT2D eigenvalue weighted by Gasteiger charge is -2.11. The fourth-order valence-electron chi connectivity index (χ4n) is 2.01. The molecule has 0 aliphatic carbocycles. The van der Waals surface area contributed by atoms with Crippen LogP contribution in [0.15, 0.2) is 66.7 Å². The Morgan fingerprint density at radius 2 is 1.17 bits per heavy atom. The summed E-state index contributed by atoms with van der Waals surface area (Å²) in [5, 5.41) is 10.5. The predicted octanol–water partition coefficient (Wildman–Crippen LogP) is 6.45. The largest absolute Gasteiger partial charge is 0.457 e. The molecule has 5 heteroatoms. The standard InChI is InChI=1S/C19H11Cl2NO2/c20-14-2-7-16(8-3-14)23-18-6-1-13(12-22)19(11-18)24-17-9-4-15(21)5-10-17/h1-11H. The third-order valence-electron chi connectivity index (χ3n) is 3.16. The lowest BCUT2D eigenvalue weighted by molar-refractivity contribution is 0.459. The normalized spacial score (nSPS) is 10.0. The molecule has 0 saturated heterocycles. The minimum Gasteiger partial charge on any atom is -0.457 e. The molecule has 3 aromatic rings. The Hall–Kier alpha value is -2.67. The summed E-state index contributed by atoms with van der Waals surface area (Å²) in [6, 6.07) is 21.0. The first-order chi connectivity index (χ1) is 11.6. The van der Waals surface area contributed by atoms with Crippen LogP contribution >= 0.6 is 23.2 Å². The van der Waals surface area contributed by atoms with Gasteiger partial charge in [0.2, 0.25) is 0 Å². The molecule has 0 aliphatic rings. The highest BCUT2D eigenvalue weighted by atomic mass is 35.5. The van der Waals surface area contributed by atoms with Crippen molar-refractivity contribution in [2.75, 3.05) is 0 Å². The van der Waals surface area contributed by atoms with Crippen LogP contribution in [0.5, 0.6) is 23.0 Å². The van der Waals surface area contributed by atoms with Crippen LogP contribution in [0, 0.1) is 11.3 Å². The first-order valence-corrected chi connectivity index (χ1v) is 7.80. The van der Waals surface area contributed by atoms with Crippen molar-refractivity contribution in [3.8, 4) is 29.1 Å². The highest BCUT2D eigenvalue weighted by molar-refractivity contribution is 6.30. The van der Waals surface area contributed by atoms with Gasteiger partial charge in [0.15, 0.2) is 0 Å². The number of halogens is 2. The summed E-state index contributed by atoms with van der Waals surface area (Å²) >= 11 is 11.7. The smallest absolute Gasteiger partial charge is 0.148 e. The van der Waals surface area contributed by atoms with Crippen molar-refractivity contribution in [3.05, 3.63) is 82.3 Å². The van der Waals surface area contributed by atoms with Crippen molar-refractivity contribution in [2.45, 2.75) is 0 Å². The van der Waals surface area contributed by atoms with Crippen molar-refractivity contribution >= 4 is 23.2 Å². The SMILES string of the molecule is N#Cc1ccc(Oc2ccc(Cl)cc2)cc1Oc1ccc(Cl)cc1. The lowest BCUT2D eigenvalue weighted by atomic mass is 10.2. The summed E-state index contributed by atoms with van der Waals surface area (Å²) in [6.07, 6.45) is 0. The monoisotopic (exact) mass is 355 g/mol. The molecule has 3 rings (SSSR count). The molecule has 118 valence electrons. The van der Waals surface area contributed by atoms with Crippen molar-refractivity contribution in [1.82, 2.24) is 0 Å². The van der Waals surface area contributed by atoms with E-state index in [9.17, 15) is 5.26 Å². The second-order valence-corrected chi connectivity index (χ2v) is 5.75. The molecule has 0 spiro atoms. The molecule has 0 heterocycles. The zero-order chi connectivity index (χ0) is 16.9. The van der Waals surface area contributed by atoms with E-state index in [-0.39, 0.29) is 0 Å². The van der Waals surface area contributed by atoms with Crippen LogP contribution < -0.4 is 9.47 Å². The van der Waals surface area contributed by atoms with E-state index < -0.39 is 0 Å². The van der Waals surface area contributed by atoms with Crippen molar-refractivity contribution in [3.63, 3.8) is 0 Å². The van der Waals surface area contributed by atoms with Gasteiger partial charge < -0.3 is 9.47 Å². The van der Waals surface area contributed by atoms with E-state index in [1.165, 1.54) is 0 Å². The summed E-state index contributed by atoms with van der Waals surface area (Å²) in [6.45, 7) is 0. The highest BCUT2D eigenvalue weighted by Crippen LogP contribution is 2.32. The maximum absolute atomic E-state index is 9.25. The number of hydrogen-bond donors (Lipinski definition) is 0. The molecule has 3 aromatic carbocycles. The van der Waals surface area contributed by atoms with Gasteiger partial charge in [-0.2, -0.15) is 5.26 Å². The van der Waals surface area contributed by atoms with Gasteiger partial charge in [-0.05, 0) is 60.7 Å². The fourth-order valence-corrected chi connectivity index (χ4v) is 2.26. The quantitative estimate of drug-likeness (QED) is 0.539. The van der Waals surface area contributed by atoms with Crippen molar-refractivity contribution in [2.24, 2.45) is 0 Å². The third kappa shape index (κ3) is 3.99. The number of benzene rings is 3. The molecule has 0 atom stereocenters. The van der Waals surface area contributed by atoms with E-state index in [1.54, 1.807) is 66.7 Å². The van der Waals surface area contributed by atoms with Gasteiger partial charge in [-0.1, -0.05) is 23.2 Å². The van der Waals surface area contributed by atoms with Crippen LogP contribution in [-0.2, 0) is 0 Å². The number of ether oxygens (including phenoxy) is 2. The molecular formula is C19H11Cl2NO2. The van der Waals surface area contributed by atoms with Gasteiger partial charge in [-0.15, -0.1) is 0 Å². The molecule has 24 heavy (non-hydrogen) atoms. The van der Waals surface area contributed by atoms with Gasteiger partial charge in [0, 0.05) is 16.1 Å². The zero-order valence-corrected chi connectivity index (χ0v) is 13.9. The van der Waals surface area contributed by atoms with Gasteiger partial charge in [0.1, 0.15) is 29.1 Å². The van der Waals surface area contributed by atoms with Crippen LogP contribution in [0.2, 0.25) is 10.0 Å². The van der Waals surface area contributed by atoms with Crippen LogP contribution in [-0.4, -0.2) is 0 Å². The average molecular weight is 356 g/mol. The van der Waals surface area contributed by atoms with Gasteiger partial charge in [0.25, 0.3) is 0 Å². The van der Waals surface area contributed by atoms with Crippen LogP contribution in [0.1, 0.15) is 5.56 Å². The Balaban J connectivity index is 1.86. The minimum absolute atomic E-state index is 0.409. The molecule has 0 fully saturated rings. The summed E-state index contributed by atoms with van der Waals surface area (Å²) in [5.41, 5.74) is 0.411. The van der Waals surface area contributed by atoms with Gasteiger partial charge in [-0.25, -0.2) is 0 Å². The number of nitriles is 1. The van der Waals surface area contributed by atoms with E-state index >= 15 is 0 Å². The average Bonchev–Trinajstić information content (AvgIpc) is 2.59. The van der Waals surface area contributed by atoms with Crippen LogP contribution in [0.25, 0.3) is 0 Å². The topological polar surface area (TPSA) is 42.2 Å². The number of nitrogens with zero attached hydrogens (tertiary/aromatic N) is 1. The van der Waals surface area contributed by atoms with Crippen LogP contribution in [0.3, 0.4) is 0 Å². The molecule has 0 N–H and O–H groups in total. The first-order valence-electron chi connectivity index (χ1n) is 7.05. The van der Waals surface area contributed by atoms with E-state index in [1.807, 2.05) is 0 Å². The third-order valence-corrected chi connectivity index (χ3v) is 3.67. The summed E-state index contributed by atoms with van der Waals surface area (Å²) < 4.78 is 11.5. The zero-order valence-electron chi connectivity index (χ0n) is 12.4.